The van der Waals surface area contributed by atoms with Crippen molar-refractivity contribution >= 4 is 9.84 Å². The first-order valence-corrected chi connectivity index (χ1v) is 8.33. The fourth-order valence-corrected chi connectivity index (χ4v) is 3.04. The van der Waals surface area contributed by atoms with Crippen molar-refractivity contribution in [2.45, 2.75) is 24.4 Å². The van der Waals surface area contributed by atoms with Gasteiger partial charge in [-0.1, -0.05) is 0 Å². The standard InChI is InChI=1S/C13H16N4O2S/c1-9-12-15-16-13(17(12)8-7-14-9)10-3-5-11(6-4-10)20(2,18)19/h3-6,9,14H,7-8H2,1-2H3. The van der Waals surface area contributed by atoms with Gasteiger partial charge in [-0.25, -0.2) is 8.42 Å². The average Bonchev–Trinajstić information content (AvgIpc) is 2.83. The molecule has 106 valence electrons. The molecule has 1 N–H and O–H groups in total. The summed E-state index contributed by atoms with van der Waals surface area (Å²) in [6.07, 6.45) is 1.20. The highest BCUT2D eigenvalue weighted by atomic mass is 32.2. The molecule has 1 aromatic heterocycles. The Morgan fingerprint density at radius 3 is 2.60 bits per heavy atom. The van der Waals surface area contributed by atoms with Crippen LogP contribution in [-0.4, -0.2) is 36.0 Å². The Labute approximate surface area is 117 Å². The Morgan fingerprint density at radius 1 is 1.25 bits per heavy atom. The highest BCUT2D eigenvalue weighted by Crippen LogP contribution is 2.24. The number of rotatable bonds is 2. The molecule has 0 radical (unpaired) electrons. The van der Waals surface area contributed by atoms with E-state index in [2.05, 4.69) is 27.0 Å². The molecule has 0 aliphatic carbocycles. The van der Waals surface area contributed by atoms with Crippen LogP contribution in [-0.2, 0) is 16.4 Å². The number of aromatic nitrogens is 3. The predicted molar refractivity (Wildman–Crippen MR) is 75.0 cm³/mol. The number of fused-ring (bicyclic) bond motifs is 1. The normalized spacial score (nSPS) is 18.8. The van der Waals surface area contributed by atoms with Crippen molar-refractivity contribution in [2.75, 3.05) is 12.8 Å². The number of hydrogen-bond acceptors (Lipinski definition) is 5. The zero-order valence-corrected chi connectivity index (χ0v) is 12.2. The summed E-state index contributed by atoms with van der Waals surface area (Å²) in [5.41, 5.74) is 0.880. The van der Waals surface area contributed by atoms with Crippen LogP contribution in [0.3, 0.4) is 0 Å². The van der Waals surface area contributed by atoms with Gasteiger partial charge in [-0.15, -0.1) is 10.2 Å². The third-order valence-corrected chi connectivity index (χ3v) is 4.62. The van der Waals surface area contributed by atoms with E-state index in [9.17, 15) is 8.42 Å². The topological polar surface area (TPSA) is 76.9 Å². The van der Waals surface area contributed by atoms with Crippen LogP contribution in [0.1, 0.15) is 18.8 Å². The van der Waals surface area contributed by atoms with E-state index >= 15 is 0 Å². The number of benzene rings is 1. The Balaban J connectivity index is 2.02. The smallest absolute Gasteiger partial charge is 0.175 e. The molecule has 0 bridgehead atoms. The quantitative estimate of drug-likeness (QED) is 0.894. The molecular formula is C13H16N4O2S. The second kappa shape index (κ2) is 4.68. The van der Waals surface area contributed by atoms with Crippen molar-refractivity contribution in [1.82, 2.24) is 20.1 Å². The van der Waals surface area contributed by atoms with E-state index in [-0.39, 0.29) is 6.04 Å². The summed E-state index contributed by atoms with van der Waals surface area (Å²) in [6, 6.07) is 6.95. The van der Waals surface area contributed by atoms with E-state index in [1.54, 1.807) is 24.3 Å². The minimum absolute atomic E-state index is 0.181. The van der Waals surface area contributed by atoms with Crippen LogP contribution in [0.15, 0.2) is 29.2 Å². The molecule has 0 spiro atoms. The van der Waals surface area contributed by atoms with E-state index in [4.69, 9.17) is 0 Å². The maximum atomic E-state index is 11.5. The first kappa shape index (κ1) is 13.3. The van der Waals surface area contributed by atoms with Crippen LogP contribution in [0.2, 0.25) is 0 Å². The molecule has 0 saturated heterocycles. The molecule has 0 fully saturated rings. The monoisotopic (exact) mass is 292 g/mol. The molecule has 2 heterocycles. The molecule has 1 aliphatic rings. The average molecular weight is 292 g/mol. The van der Waals surface area contributed by atoms with Crippen molar-refractivity contribution in [3.63, 3.8) is 0 Å². The van der Waals surface area contributed by atoms with Crippen LogP contribution < -0.4 is 5.32 Å². The SMILES string of the molecule is CC1NCCn2c(-c3ccc(S(C)(=O)=O)cc3)nnc21. The third kappa shape index (κ3) is 2.23. The number of nitrogens with one attached hydrogen (secondary N) is 1. The first-order chi connectivity index (χ1) is 9.47. The summed E-state index contributed by atoms with van der Waals surface area (Å²) >= 11 is 0. The number of sulfone groups is 1. The fraction of sp³-hybridized carbons (Fsp3) is 0.385. The van der Waals surface area contributed by atoms with Gasteiger partial charge >= 0.3 is 0 Å². The largest absolute Gasteiger partial charge is 0.308 e. The van der Waals surface area contributed by atoms with Crippen molar-refractivity contribution < 1.29 is 8.42 Å². The van der Waals surface area contributed by atoms with Gasteiger partial charge in [0.05, 0.1) is 10.9 Å². The van der Waals surface area contributed by atoms with Crippen LogP contribution >= 0.6 is 0 Å². The number of hydrogen-bond donors (Lipinski definition) is 1. The van der Waals surface area contributed by atoms with E-state index in [0.717, 1.165) is 30.3 Å². The molecule has 1 aliphatic heterocycles. The molecule has 7 heteroatoms. The fourth-order valence-electron chi connectivity index (χ4n) is 2.40. The van der Waals surface area contributed by atoms with Crippen molar-refractivity contribution in [2.24, 2.45) is 0 Å². The first-order valence-electron chi connectivity index (χ1n) is 6.44. The molecule has 0 amide bonds. The maximum absolute atomic E-state index is 11.5. The summed E-state index contributed by atoms with van der Waals surface area (Å²) < 4.78 is 25.0. The van der Waals surface area contributed by atoms with Gasteiger partial charge in [0.15, 0.2) is 15.7 Å². The van der Waals surface area contributed by atoms with Crippen LogP contribution in [0.4, 0.5) is 0 Å². The lowest BCUT2D eigenvalue weighted by Gasteiger charge is -2.21. The van der Waals surface area contributed by atoms with E-state index in [0.29, 0.717) is 4.90 Å². The highest BCUT2D eigenvalue weighted by molar-refractivity contribution is 7.90. The Morgan fingerprint density at radius 2 is 1.95 bits per heavy atom. The van der Waals surface area contributed by atoms with E-state index < -0.39 is 9.84 Å². The van der Waals surface area contributed by atoms with Crippen LogP contribution in [0.5, 0.6) is 0 Å². The Bertz CT molecular complexity index is 734. The lowest BCUT2D eigenvalue weighted by Crippen LogP contribution is -2.32. The van der Waals surface area contributed by atoms with Crippen molar-refractivity contribution in [3.8, 4) is 11.4 Å². The van der Waals surface area contributed by atoms with Gasteiger partial charge in [-0.2, -0.15) is 0 Å². The van der Waals surface area contributed by atoms with Gasteiger partial charge in [-0.05, 0) is 31.2 Å². The lowest BCUT2D eigenvalue weighted by atomic mass is 10.2. The van der Waals surface area contributed by atoms with Crippen LogP contribution in [0, 0.1) is 0 Å². The van der Waals surface area contributed by atoms with Gasteiger partial charge in [0.25, 0.3) is 0 Å². The van der Waals surface area contributed by atoms with Crippen molar-refractivity contribution in [3.05, 3.63) is 30.1 Å². The summed E-state index contributed by atoms with van der Waals surface area (Å²) in [5, 5.41) is 11.8. The Kier molecular flexibility index (Phi) is 3.10. The minimum Gasteiger partial charge on any atom is -0.308 e. The highest BCUT2D eigenvalue weighted by Gasteiger charge is 2.22. The molecular weight excluding hydrogens is 276 g/mol. The van der Waals surface area contributed by atoms with Crippen molar-refractivity contribution in [1.29, 1.82) is 0 Å². The summed E-state index contributed by atoms with van der Waals surface area (Å²) in [7, 11) is -3.17. The molecule has 6 nitrogen and oxygen atoms in total. The maximum Gasteiger partial charge on any atom is 0.175 e. The van der Waals surface area contributed by atoms with Gasteiger partial charge in [-0.3, -0.25) is 0 Å². The van der Waals surface area contributed by atoms with Gasteiger partial charge < -0.3 is 9.88 Å². The summed E-state index contributed by atoms with van der Waals surface area (Å²) in [6.45, 7) is 3.74. The summed E-state index contributed by atoms with van der Waals surface area (Å²) in [5.74, 6) is 1.70. The second-order valence-corrected chi connectivity index (χ2v) is 7.02. The molecule has 2 aromatic rings. The second-order valence-electron chi connectivity index (χ2n) is 5.01. The molecule has 20 heavy (non-hydrogen) atoms. The minimum atomic E-state index is -3.17. The molecule has 1 aromatic carbocycles. The predicted octanol–water partition coefficient (Wildman–Crippen LogP) is 1.01. The zero-order valence-electron chi connectivity index (χ0n) is 11.4. The molecule has 3 rings (SSSR count). The molecule has 0 saturated carbocycles. The zero-order chi connectivity index (χ0) is 14.3. The lowest BCUT2D eigenvalue weighted by molar-refractivity contribution is 0.439. The van der Waals surface area contributed by atoms with Gasteiger partial charge in [0.1, 0.15) is 5.82 Å². The molecule has 1 atom stereocenters. The van der Waals surface area contributed by atoms with Gasteiger partial charge in [0, 0.05) is 24.9 Å². The number of nitrogens with zero attached hydrogens (tertiary/aromatic N) is 3. The summed E-state index contributed by atoms with van der Waals surface area (Å²) in [4.78, 5) is 0.315. The van der Waals surface area contributed by atoms with E-state index in [1.807, 2.05) is 0 Å². The van der Waals surface area contributed by atoms with Gasteiger partial charge in [0.2, 0.25) is 0 Å². The Hall–Kier alpha value is -1.73. The van der Waals surface area contributed by atoms with E-state index in [1.165, 1.54) is 6.26 Å². The third-order valence-electron chi connectivity index (χ3n) is 3.49. The molecule has 1 unspecified atom stereocenters. The van der Waals surface area contributed by atoms with Crippen LogP contribution in [0.25, 0.3) is 11.4 Å².